The Morgan fingerprint density at radius 1 is 1.02 bits per heavy atom. The van der Waals surface area contributed by atoms with Crippen LogP contribution in [0, 0.1) is 11.7 Å². The second-order valence-corrected chi connectivity index (χ2v) is 10.3. The Bertz CT molecular complexity index is 2790. The molecule has 1 atom stereocenters. The predicted molar refractivity (Wildman–Crippen MR) is 181 cm³/mol. The molecule has 1 heterocycles. The van der Waals surface area contributed by atoms with E-state index >= 15 is 4.79 Å². The molecule has 0 N–H and O–H groups in total. The van der Waals surface area contributed by atoms with Gasteiger partial charge in [0.15, 0.2) is 5.16 Å². The molecule has 1 aliphatic rings. The van der Waals surface area contributed by atoms with Gasteiger partial charge in [0.25, 0.3) is 5.56 Å². The van der Waals surface area contributed by atoms with Gasteiger partial charge in [-0.2, -0.15) is 18.2 Å². The molecule has 0 saturated carbocycles. The van der Waals surface area contributed by atoms with E-state index in [1.54, 1.807) is 0 Å². The van der Waals surface area contributed by atoms with Gasteiger partial charge in [-0.1, -0.05) is 81.0 Å². The van der Waals surface area contributed by atoms with Crippen molar-refractivity contribution in [3.8, 4) is 11.1 Å². The molecule has 3 aromatic carbocycles. The molecule has 1 amide bonds. The van der Waals surface area contributed by atoms with Crippen molar-refractivity contribution in [2.45, 2.75) is 63.5 Å². The van der Waals surface area contributed by atoms with Gasteiger partial charge in [0.2, 0.25) is 5.91 Å². The van der Waals surface area contributed by atoms with E-state index in [-0.39, 0.29) is 15.7 Å². The number of carbonyl (C=O) groups excluding carboxylic acids is 1. The molecule has 5 rings (SSSR count). The number of benzene rings is 3. The Morgan fingerprint density at radius 3 is 2.25 bits per heavy atom. The van der Waals surface area contributed by atoms with Gasteiger partial charge >= 0.3 is 6.18 Å². The lowest BCUT2D eigenvalue weighted by Crippen LogP contribution is -2.40. The standard InChI is InChI=1S/C37H40F4N4O2S/c1-4-43(5-2)18-19-44(22-26-6-10-28(11-7-26)29-12-14-30(15-13-29)37(39,40)41)34(46)23-45-33-21-25(3)20-32(33)35(47)42-36(45)48-24-27-8-16-31(38)17-9-27/h6-17,25H,4-5,18-24H2,1-3H3/i4D2,5D2,8D,9D,16D,17D,18D2,19D2,20D2,21D2,22D2,23D2,24D2,25D. The van der Waals surface area contributed by atoms with Crippen LogP contribution in [0.4, 0.5) is 17.6 Å². The summed E-state index contributed by atoms with van der Waals surface area (Å²) in [7, 11) is 0. The molecular weight excluding hydrogens is 640 g/mol. The number of rotatable bonds is 13. The van der Waals surface area contributed by atoms with Crippen LogP contribution in [0.5, 0.6) is 0 Å². The number of amides is 1. The van der Waals surface area contributed by atoms with E-state index in [9.17, 15) is 30.6 Å². The van der Waals surface area contributed by atoms with E-state index in [1.165, 1.54) is 0 Å². The Balaban J connectivity index is 1.90. The molecule has 1 aromatic heterocycles. The van der Waals surface area contributed by atoms with Gasteiger partial charge in [-0.3, -0.25) is 9.59 Å². The first-order valence-corrected chi connectivity index (χ1v) is 14.5. The van der Waals surface area contributed by atoms with E-state index in [0.29, 0.717) is 32.9 Å². The molecule has 1 aliphatic carbocycles. The normalized spacial score (nSPS) is 27.1. The summed E-state index contributed by atoms with van der Waals surface area (Å²) in [4.78, 5) is 31.5. The van der Waals surface area contributed by atoms with Crippen molar-refractivity contribution < 1.29 is 53.9 Å². The number of alkyl halides is 3. The van der Waals surface area contributed by atoms with E-state index in [1.807, 2.05) is 0 Å². The number of thioether (sulfide) groups is 1. The first-order chi connectivity index (χ1) is 31.6. The fourth-order valence-corrected chi connectivity index (χ4v) is 4.71. The van der Waals surface area contributed by atoms with Crippen LogP contribution in [0.2, 0.25) is 0 Å². The van der Waals surface area contributed by atoms with Crippen molar-refractivity contribution in [2.24, 2.45) is 5.89 Å². The van der Waals surface area contributed by atoms with Gasteiger partial charge in [-0.05, 0) is 78.1 Å². The monoisotopic (exact) mass is 703 g/mol. The molecular formula is C37H40F4N4O2S. The summed E-state index contributed by atoms with van der Waals surface area (Å²) in [5.41, 5.74) is -11.7. The molecule has 6 nitrogen and oxygen atoms in total. The second-order valence-electron chi connectivity index (χ2n) is 9.55. The van der Waals surface area contributed by atoms with Crippen LogP contribution in [-0.2, 0) is 42.4 Å². The highest BCUT2D eigenvalue weighted by Gasteiger charge is 2.30. The van der Waals surface area contributed by atoms with Gasteiger partial charge in [0.1, 0.15) is 12.3 Å². The Labute approximate surface area is 315 Å². The summed E-state index contributed by atoms with van der Waals surface area (Å²) >= 11 is -0.592. The lowest BCUT2D eigenvalue weighted by molar-refractivity contribution is -0.137. The first-order valence-electron chi connectivity index (χ1n) is 25.2. The van der Waals surface area contributed by atoms with Gasteiger partial charge < -0.3 is 14.4 Å². The van der Waals surface area contributed by atoms with Crippen LogP contribution in [-0.4, -0.2) is 51.2 Å². The van der Waals surface area contributed by atoms with E-state index in [4.69, 9.17) is 23.3 Å². The van der Waals surface area contributed by atoms with Gasteiger partial charge in [0.05, 0.1) is 19.3 Å². The highest BCUT2D eigenvalue weighted by Crippen LogP contribution is 2.32. The minimum atomic E-state index is -4.74. The zero-order chi connectivity index (χ0) is 55.0. The minimum absolute atomic E-state index is 0.0537. The number of halogens is 4. The summed E-state index contributed by atoms with van der Waals surface area (Å²) in [6.07, 6.45) is -12.0. The molecule has 0 aliphatic heterocycles. The van der Waals surface area contributed by atoms with Crippen molar-refractivity contribution in [3.05, 3.63) is 117 Å². The first kappa shape index (κ1) is 16.2. The van der Waals surface area contributed by atoms with Gasteiger partial charge in [0, 0.05) is 54.3 Å². The minimum Gasteiger partial charge on any atom is -0.336 e. The van der Waals surface area contributed by atoms with E-state index < -0.39 is 166 Å². The number of hydrogen-bond donors (Lipinski definition) is 0. The molecule has 0 fully saturated rings. The summed E-state index contributed by atoms with van der Waals surface area (Å²) in [6, 6.07) is 1.45. The Hall–Kier alpha value is -3.96. The molecule has 0 radical (unpaired) electrons. The van der Waals surface area contributed by atoms with Crippen LogP contribution in [0.1, 0.15) is 80.2 Å². The van der Waals surface area contributed by atoms with Crippen molar-refractivity contribution in [3.63, 3.8) is 0 Å². The number of fused-ring (bicyclic) bond motifs is 1. The Kier molecular flexibility index (Phi) is 5.22. The summed E-state index contributed by atoms with van der Waals surface area (Å²) < 4.78 is 256. The average Bonchev–Trinajstić information content (AvgIpc) is 3.30. The number of hydrogen-bond acceptors (Lipinski definition) is 5. The highest BCUT2D eigenvalue weighted by molar-refractivity contribution is 7.98. The quantitative estimate of drug-likeness (QED) is 0.0822. The Morgan fingerprint density at radius 2 is 1.65 bits per heavy atom. The van der Waals surface area contributed by atoms with Crippen molar-refractivity contribution in [1.29, 1.82) is 0 Å². The van der Waals surface area contributed by atoms with Crippen LogP contribution in [0.15, 0.2) is 82.7 Å². The zero-order valence-corrected chi connectivity index (χ0v) is 26.0. The lowest BCUT2D eigenvalue weighted by atomic mass is 10.0. The third kappa shape index (κ3) is 8.73. The highest BCUT2D eigenvalue weighted by atomic mass is 32.2. The van der Waals surface area contributed by atoms with Crippen LogP contribution >= 0.6 is 11.8 Å². The largest absolute Gasteiger partial charge is 0.416 e. The van der Waals surface area contributed by atoms with Crippen LogP contribution in [0.25, 0.3) is 11.1 Å². The number of likely N-dealkylation sites (N-methyl/N-ethyl adjacent to an activating group) is 1. The molecule has 0 bridgehead atoms. The van der Waals surface area contributed by atoms with E-state index in [2.05, 4.69) is 4.98 Å². The third-order valence-corrected chi connectivity index (χ3v) is 7.09. The molecule has 1 unspecified atom stereocenters. The smallest absolute Gasteiger partial charge is 0.336 e. The zero-order valence-electron chi connectivity index (χ0n) is 48.1. The fraction of sp³-hybridized carbons (Fsp3) is 0.378. The van der Waals surface area contributed by atoms with Crippen molar-refractivity contribution in [2.75, 3.05) is 26.0 Å². The molecule has 11 heteroatoms. The van der Waals surface area contributed by atoms with Gasteiger partial charge in [-0.15, -0.1) is 0 Å². The third-order valence-electron chi connectivity index (χ3n) is 6.32. The molecule has 4 aromatic rings. The maximum Gasteiger partial charge on any atom is 0.416 e. The molecule has 0 saturated heterocycles. The average molecular weight is 704 g/mol. The fourth-order valence-electron chi connectivity index (χ4n) is 4.06. The number of aromatic nitrogens is 2. The van der Waals surface area contributed by atoms with Crippen LogP contribution in [0.3, 0.4) is 0 Å². The topological polar surface area (TPSA) is 58.4 Å². The van der Waals surface area contributed by atoms with E-state index in [0.717, 1.165) is 36.4 Å². The second kappa shape index (κ2) is 15.5. The van der Waals surface area contributed by atoms with Crippen molar-refractivity contribution in [1.82, 2.24) is 19.4 Å². The summed E-state index contributed by atoms with van der Waals surface area (Å²) in [5.74, 6) is -7.68. The van der Waals surface area contributed by atoms with Gasteiger partial charge in [-0.25, -0.2) is 4.39 Å². The predicted octanol–water partition coefficient (Wildman–Crippen LogP) is 7.47. The number of nitrogens with zero attached hydrogens (tertiary/aromatic N) is 4. The number of carbonyl (C=O) groups is 1. The molecule has 254 valence electrons. The maximum absolute atomic E-state index is 15.4. The molecule has 0 spiro atoms. The summed E-state index contributed by atoms with van der Waals surface area (Å²) in [6.45, 7) is -22.4. The lowest BCUT2D eigenvalue weighted by Gasteiger charge is -2.28. The SMILES string of the molecule is [2H]c1c([2H])c(C([2H])([2H])Sc2nc(=O)c3c(n2C([2H])([2H])C(=O)N(C([2H])([2H])c2ccc(-c4ccc(C(F)(F)F)cc4)cc2)C([2H])([2H])C([2H])([2H])N(C([2H])([2H])C)C([2H])([2H])C)C([2H])([2H])C([2H])(C)C3([2H])[2H])c([2H])c([2H])c1F. The van der Waals surface area contributed by atoms with Crippen LogP contribution < -0.4 is 5.56 Å². The molecule has 48 heavy (non-hydrogen) atoms. The van der Waals surface area contributed by atoms with Crippen molar-refractivity contribution >= 4 is 17.7 Å². The maximum atomic E-state index is 15.4. The summed E-state index contributed by atoms with van der Waals surface area (Å²) in [5, 5.41) is -1.59.